The van der Waals surface area contributed by atoms with Crippen molar-refractivity contribution >= 4 is 16.9 Å². The largest absolute Gasteiger partial charge is 0.361 e. The highest BCUT2D eigenvalue weighted by atomic mass is 19.1. The Morgan fingerprint density at radius 3 is 2.84 bits per heavy atom. The lowest BCUT2D eigenvalue weighted by atomic mass is 10.1. The molecule has 0 saturated heterocycles. The predicted molar refractivity (Wildman–Crippen MR) is 127 cm³/mol. The van der Waals surface area contributed by atoms with Crippen molar-refractivity contribution in [1.29, 1.82) is 0 Å². The first-order valence-corrected chi connectivity index (χ1v) is 11.0. The predicted octanol–water partition coefficient (Wildman–Crippen LogP) is 4.16. The van der Waals surface area contributed by atoms with Crippen LogP contribution in [0.4, 0.5) is 4.39 Å². The number of hydrogen-bond acceptors (Lipinski definition) is 2. The normalized spacial score (nSPS) is 11.8. The van der Waals surface area contributed by atoms with E-state index in [2.05, 4.69) is 49.4 Å². The molecule has 2 heterocycles. The number of rotatable bonds is 8. The molecule has 0 bridgehead atoms. The van der Waals surface area contributed by atoms with Crippen LogP contribution in [0.15, 0.2) is 66.0 Å². The molecule has 0 spiro atoms. The van der Waals surface area contributed by atoms with Gasteiger partial charge in [-0.15, -0.1) is 0 Å². The minimum absolute atomic E-state index is 0.216. The van der Waals surface area contributed by atoms with E-state index >= 15 is 0 Å². The second kappa shape index (κ2) is 10.1. The number of halogens is 1. The number of benzene rings is 2. The molecule has 32 heavy (non-hydrogen) atoms. The van der Waals surface area contributed by atoms with Crippen LogP contribution < -0.4 is 10.6 Å². The lowest BCUT2D eigenvalue weighted by molar-refractivity contribution is 0.629. The Hall–Kier alpha value is -3.61. The monoisotopic (exact) mass is 432 g/mol. The summed E-state index contributed by atoms with van der Waals surface area (Å²) >= 11 is 0. The van der Waals surface area contributed by atoms with Gasteiger partial charge in [-0.2, -0.15) is 0 Å². The zero-order chi connectivity index (χ0) is 22.3. The van der Waals surface area contributed by atoms with Crippen molar-refractivity contribution in [2.45, 2.75) is 33.4 Å². The molecule has 7 heteroatoms. The maximum Gasteiger partial charge on any atom is 0.191 e. The van der Waals surface area contributed by atoms with Crippen LogP contribution >= 0.6 is 0 Å². The molecule has 4 rings (SSSR count). The molecule has 0 amide bonds. The first kappa shape index (κ1) is 21.6. The summed E-state index contributed by atoms with van der Waals surface area (Å²) < 4.78 is 15.7. The van der Waals surface area contributed by atoms with Gasteiger partial charge in [-0.25, -0.2) is 14.4 Å². The minimum atomic E-state index is -0.216. The highest BCUT2D eigenvalue weighted by molar-refractivity contribution is 5.83. The summed E-state index contributed by atoms with van der Waals surface area (Å²) in [6.07, 6.45) is 6.54. The lowest BCUT2D eigenvalue weighted by Gasteiger charge is -2.12. The molecule has 2 aromatic carbocycles. The van der Waals surface area contributed by atoms with Gasteiger partial charge in [0.1, 0.15) is 11.6 Å². The van der Waals surface area contributed by atoms with Crippen LogP contribution in [0.1, 0.15) is 29.4 Å². The van der Waals surface area contributed by atoms with Gasteiger partial charge in [0, 0.05) is 49.1 Å². The van der Waals surface area contributed by atoms with E-state index in [1.165, 1.54) is 11.6 Å². The summed E-state index contributed by atoms with van der Waals surface area (Å²) in [5.41, 5.74) is 4.42. The first-order valence-electron chi connectivity index (χ1n) is 11.0. The van der Waals surface area contributed by atoms with Crippen molar-refractivity contribution in [3.63, 3.8) is 0 Å². The molecule has 0 aliphatic carbocycles. The SMILES string of the molecule is CCNC(=NCc1cccc(Cn2ccnc2C)c1)NCCc1c[nH]c2ccc(F)cc12. The Kier molecular flexibility index (Phi) is 6.84. The van der Waals surface area contributed by atoms with Gasteiger partial charge < -0.3 is 20.2 Å². The highest BCUT2D eigenvalue weighted by Crippen LogP contribution is 2.19. The second-order valence-electron chi connectivity index (χ2n) is 7.80. The van der Waals surface area contributed by atoms with Crippen molar-refractivity contribution in [1.82, 2.24) is 25.2 Å². The van der Waals surface area contributed by atoms with Gasteiger partial charge in [0.2, 0.25) is 0 Å². The fourth-order valence-electron chi connectivity index (χ4n) is 3.78. The number of H-pyrrole nitrogens is 1. The van der Waals surface area contributed by atoms with Gasteiger partial charge >= 0.3 is 0 Å². The van der Waals surface area contributed by atoms with Gasteiger partial charge in [0.15, 0.2) is 5.96 Å². The fourth-order valence-corrected chi connectivity index (χ4v) is 3.78. The van der Waals surface area contributed by atoms with E-state index in [0.717, 1.165) is 53.3 Å². The van der Waals surface area contributed by atoms with E-state index in [1.807, 2.05) is 32.4 Å². The van der Waals surface area contributed by atoms with Crippen LogP contribution in [0.25, 0.3) is 10.9 Å². The molecule has 0 aliphatic heterocycles. The molecule has 3 N–H and O–H groups in total. The average molecular weight is 433 g/mol. The molecule has 6 nitrogen and oxygen atoms in total. The molecule has 0 saturated carbocycles. The second-order valence-corrected chi connectivity index (χ2v) is 7.80. The van der Waals surface area contributed by atoms with Crippen molar-refractivity contribution in [2.24, 2.45) is 4.99 Å². The zero-order valence-electron chi connectivity index (χ0n) is 18.5. The van der Waals surface area contributed by atoms with Crippen LogP contribution in [-0.4, -0.2) is 33.6 Å². The summed E-state index contributed by atoms with van der Waals surface area (Å²) in [5, 5.41) is 7.61. The number of hydrogen-bond donors (Lipinski definition) is 3. The van der Waals surface area contributed by atoms with Crippen LogP contribution in [0, 0.1) is 12.7 Å². The average Bonchev–Trinajstić information content (AvgIpc) is 3.38. The number of nitrogens with zero attached hydrogens (tertiary/aromatic N) is 3. The number of fused-ring (bicyclic) bond motifs is 1. The molecular formula is C25H29FN6. The Morgan fingerprint density at radius 2 is 2.03 bits per heavy atom. The molecule has 166 valence electrons. The summed E-state index contributed by atoms with van der Waals surface area (Å²) in [4.78, 5) is 12.2. The van der Waals surface area contributed by atoms with E-state index in [0.29, 0.717) is 13.1 Å². The van der Waals surface area contributed by atoms with Gasteiger partial charge in [0.25, 0.3) is 0 Å². The molecule has 0 fully saturated rings. The van der Waals surface area contributed by atoms with E-state index in [9.17, 15) is 4.39 Å². The van der Waals surface area contributed by atoms with Crippen molar-refractivity contribution in [3.05, 3.63) is 89.4 Å². The summed E-state index contributed by atoms with van der Waals surface area (Å²) in [7, 11) is 0. The first-order chi connectivity index (χ1) is 15.6. The highest BCUT2D eigenvalue weighted by Gasteiger charge is 2.06. The molecule has 4 aromatic rings. The number of nitrogens with one attached hydrogen (secondary N) is 3. The Balaban J connectivity index is 1.37. The lowest BCUT2D eigenvalue weighted by Crippen LogP contribution is -2.38. The molecular weight excluding hydrogens is 403 g/mol. The molecule has 0 atom stereocenters. The summed E-state index contributed by atoms with van der Waals surface area (Å²) in [6.45, 7) is 6.93. The topological polar surface area (TPSA) is 70.0 Å². The Bertz CT molecular complexity index is 1210. The fraction of sp³-hybridized carbons (Fsp3) is 0.280. The third-order valence-corrected chi connectivity index (χ3v) is 5.45. The quantitative estimate of drug-likeness (QED) is 0.289. The summed E-state index contributed by atoms with van der Waals surface area (Å²) in [5.74, 6) is 1.56. The third kappa shape index (κ3) is 5.35. The summed E-state index contributed by atoms with van der Waals surface area (Å²) in [6, 6.07) is 13.3. The number of aromatic amines is 1. The van der Waals surface area contributed by atoms with E-state index in [1.54, 1.807) is 12.1 Å². The Labute approximate surface area is 187 Å². The van der Waals surface area contributed by atoms with Crippen LogP contribution in [0.5, 0.6) is 0 Å². The molecule has 0 radical (unpaired) electrons. The van der Waals surface area contributed by atoms with Crippen LogP contribution in [0.3, 0.4) is 0 Å². The zero-order valence-corrected chi connectivity index (χ0v) is 18.5. The van der Waals surface area contributed by atoms with Crippen molar-refractivity contribution in [2.75, 3.05) is 13.1 Å². The van der Waals surface area contributed by atoms with Crippen molar-refractivity contribution < 1.29 is 4.39 Å². The molecule has 0 unspecified atom stereocenters. The maximum absolute atomic E-state index is 13.6. The van der Waals surface area contributed by atoms with E-state index in [4.69, 9.17) is 4.99 Å². The molecule has 0 aliphatic rings. The number of guanidine groups is 1. The third-order valence-electron chi connectivity index (χ3n) is 5.45. The number of aliphatic imine (C=N–C) groups is 1. The number of aryl methyl sites for hydroxylation is 1. The molecule has 2 aromatic heterocycles. The van der Waals surface area contributed by atoms with E-state index < -0.39 is 0 Å². The van der Waals surface area contributed by atoms with Crippen LogP contribution in [-0.2, 0) is 19.5 Å². The van der Waals surface area contributed by atoms with Crippen LogP contribution in [0.2, 0.25) is 0 Å². The number of aromatic nitrogens is 3. The van der Waals surface area contributed by atoms with Gasteiger partial charge in [-0.1, -0.05) is 24.3 Å². The van der Waals surface area contributed by atoms with Gasteiger partial charge in [-0.05, 0) is 55.2 Å². The van der Waals surface area contributed by atoms with Crippen molar-refractivity contribution in [3.8, 4) is 0 Å². The van der Waals surface area contributed by atoms with Gasteiger partial charge in [0.05, 0.1) is 6.54 Å². The minimum Gasteiger partial charge on any atom is -0.361 e. The number of imidazole rings is 1. The maximum atomic E-state index is 13.6. The Morgan fingerprint density at radius 1 is 1.16 bits per heavy atom. The van der Waals surface area contributed by atoms with E-state index in [-0.39, 0.29) is 5.82 Å². The standard InChI is InChI=1S/C25H29FN6/c1-3-27-25(29-10-9-21-16-30-24-8-7-22(26)14-23(21)24)31-15-19-5-4-6-20(13-19)17-32-12-11-28-18(32)2/h4-8,11-14,16,30H,3,9-10,15,17H2,1-2H3,(H2,27,29,31). The smallest absolute Gasteiger partial charge is 0.191 e. The van der Waals surface area contributed by atoms with Gasteiger partial charge in [-0.3, -0.25) is 0 Å².